The number of halogens is 1. The number of hydrogen-bond acceptors (Lipinski definition) is 6. The maximum Gasteiger partial charge on any atom is 0.335 e. The number of amidine groups is 1. The maximum absolute atomic E-state index is 13.3. The molecule has 1 aliphatic rings. The van der Waals surface area contributed by atoms with Gasteiger partial charge in [-0.3, -0.25) is 14.5 Å². The molecule has 2 heterocycles. The van der Waals surface area contributed by atoms with Crippen LogP contribution in [0.2, 0.25) is 0 Å². The monoisotopic (exact) mass is 483 g/mol. The van der Waals surface area contributed by atoms with Crippen LogP contribution < -0.4 is 5.32 Å². The summed E-state index contributed by atoms with van der Waals surface area (Å²) in [6.07, 6.45) is -0.0163. The molecule has 0 saturated carbocycles. The van der Waals surface area contributed by atoms with E-state index < -0.39 is 17.0 Å². The molecule has 1 fully saturated rings. The molecule has 3 aromatic rings. The van der Waals surface area contributed by atoms with Gasteiger partial charge in [0, 0.05) is 17.0 Å². The third kappa shape index (κ3) is 5.65. The third-order valence-electron chi connectivity index (χ3n) is 4.78. The molecule has 0 bridgehead atoms. The number of carbonyl (C=O) groups excluding carboxylic acids is 2. The zero-order valence-corrected chi connectivity index (χ0v) is 18.7. The van der Waals surface area contributed by atoms with Crippen molar-refractivity contribution in [1.29, 1.82) is 0 Å². The van der Waals surface area contributed by atoms with Crippen LogP contribution in [0.5, 0.6) is 0 Å². The van der Waals surface area contributed by atoms with Crippen LogP contribution in [0.4, 0.5) is 15.8 Å². The Morgan fingerprint density at radius 2 is 1.85 bits per heavy atom. The highest BCUT2D eigenvalue weighted by molar-refractivity contribution is 8.15. The van der Waals surface area contributed by atoms with Crippen molar-refractivity contribution < 1.29 is 23.9 Å². The molecule has 10 heteroatoms. The minimum atomic E-state index is -1.06. The number of amides is 2. The molecule has 0 aliphatic carbocycles. The van der Waals surface area contributed by atoms with E-state index in [9.17, 15) is 18.8 Å². The standard InChI is InChI=1S/C23H18FN3O4S2/c24-15-5-9-17(10-6-15)26-23-27(13-18-2-1-11-32-18)20(28)12-19(33-23)21(29)25-16-7-3-14(4-8-16)22(30)31/h1-11,19H,12-13H2,(H,25,29)(H,30,31)/t19-/m1/s1. The summed E-state index contributed by atoms with van der Waals surface area (Å²) >= 11 is 2.67. The van der Waals surface area contributed by atoms with Gasteiger partial charge in [0.2, 0.25) is 11.8 Å². The molecule has 33 heavy (non-hydrogen) atoms. The molecule has 0 radical (unpaired) electrons. The number of nitrogens with one attached hydrogen (secondary N) is 1. The molecule has 168 valence electrons. The summed E-state index contributed by atoms with van der Waals surface area (Å²) in [4.78, 5) is 43.9. The quantitative estimate of drug-likeness (QED) is 0.527. The topological polar surface area (TPSA) is 99.1 Å². The molecule has 1 saturated heterocycles. The summed E-state index contributed by atoms with van der Waals surface area (Å²) in [6.45, 7) is 0.328. The fourth-order valence-corrected chi connectivity index (χ4v) is 4.89. The molecule has 2 amide bonds. The third-order valence-corrected chi connectivity index (χ3v) is 6.83. The fraction of sp³-hybridized carbons (Fsp3) is 0.130. The first-order valence-corrected chi connectivity index (χ1v) is 11.6. The van der Waals surface area contributed by atoms with Gasteiger partial charge in [-0.1, -0.05) is 17.8 Å². The van der Waals surface area contributed by atoms with Gasteiger partial charge >= 0.3 is 5.97 Å². The number of rotatable bonds is 6. The molecule has 1 aliphatic heterocycles. The number of nitrogens with zero attached hydrogens (tertiary/aromatic N) is 2. The van der Waals surface area contributed by atoms with E-state index >= 15 is 0 Å². The van der Waals surface area contributed by atoms with Gasteiger partial charge in [0.1, 0.15) is 11.1 Å². The van der Waals surface area contributed by atoms with Gasteiger partial charge in [0.05, 0.1) is 17.8 Å². The Hall–Kier alpha value is -3.50. The molecule has 0 spiro atoms. The van der Waals surface area contributed by atoms with Gasteiger partial charge in [0.25, 0.3) is 0 Å². The molecule has 2 N–H and O–H groups in total. The van der Waals surface area contributed by atoms with Crippen LogP contribution in [0.1, 0.15) is 21.7 Å². The molecule has 1 aromatic heterocycles. The van der Waals surface area contributed by atoms with Crippen LogP contribution in [0.3, 0.4) is 0 Å². The maximum atomic E-state index is 13.3. The lowest BCUT2D eigenvalue weighted by Gasteiger charge is -2.31. The van der Waals surface area contributed by atoms with E-state index in [2.05, 4.69) is 10.3 Å². The number of anilines is 1. The Balaban J connectivity index is 1.55. The molecular formula is C23H18FN3O4S2. The van der Waals surface area contributed by atoms with Gasteiger partial charge in [-0.25, -0.2) is 14.2 Å². The normalized spacial score (nSPS) is 17.2. The zero-order chi connectivity index (χ0) is 23.4. The average molecular weight is 484 g/mol. The van der Waals surface area contributed by atoms with Crippen LogP contribution in [-0.2, 0) is 16.1 Å². The number of carboxylic acid groups (broad SMARTS) is 1. The number of thiophene rings is 1. The summed E-state index contributed by atoms with van der Waals surface area (Å²) < 4.78 is 13.3. The summed E-state index contributed by atoms with van der Waals surface area (Å²) in [5.41, 5.74) is 0.998. The van der Waals surface area contributed by atoms with E-state index in [0.29, 0.717) is 23.1 Å². The predicted molar refractivity (Wildman–Crippen MR) is 126 cm³/mol. The van der Waals surface area contributed by atoms with Crippen molar-refractivity contribution in [3.05, 3.63) is 82.3 Å². The van der Waals surface area contributed by atoms with Crippen molar-refractivity contribution in [1.82, 2.24) is 4.90 Å². The first-order chi connectivity index (χ1) is 15.9. The number of carboxylic acids is 1. The first kappa shape index (κ1) is 22.7. The number of aromatic carboxylic acids is 1. The Morgan fingerprint density at radius 1 is 1.12 bits per heavy atom. The van der Waals surface area contributed by atoms with Crippen molar-refractivity contribution in [2.24, 2.45) is 4.99 Å². The molecule has 4 rings (SSSR count). The van der Waals surface area contributed by atoms with E-state index in [1.54, 1.807) is 0 Å². The highest BCUT2D eigenvalue weighted by Crippen LogP contribution is 2.31. The summed E-state index contributed by atoms with van der Waals surface area (Å²) in [7, 11) is 0. The van der Waals surface area contributed by atoms with Crippen LogP contribution in [-0.4, -0.2) is 38.2 Å². The fourth-order valence-electron chi connectivity index (χ4n) is 3.10. The van der Waals surface area contributed by atoms with Crippen molar-refractivity contribution >= 4 is 57.4 Å². The number of carbonyl (C=O) groups is 3. The summed E-state index contributed by atoms with van der Waals surface area (Å²) in [5, 5.41) is 13.3. The highest BCUT2D eigenvalue weighted by atomic mass is 32.2. The van der Waals surface area contributed by atoms with E-state index in [1.807, 2.05) is 17.5 Å². The molecule has 1 atom stereocenters. The van der Waals surface area contributed by atoms with Crippen molar-refractivity contribution in [3.63, 3.8) is 0 Å². The second-order valence-corrected chi connectivity index (χ2v) is 9.31. The molecule has 0 unspecified atom stereocenters. The van der Waals surface area contributed by atoms with E-state index in [4.69, 9.17) is 5.11 Å². The van der Waals surface area contributed by atoms with Crippen LogP contribution in [0.15, 0.2) is 71.0 Å². The van der Waals surface area contributed by atoms with Crippen molar-refractivity contribution in [2.75, 3.05) is 5.32 Å². The second kappa shape index (κ2) is 9.97. The summed E-state index contributed by atoms with van der Waals surface area (Å²) in [5.74, 6) is -2.09. The lowest BCUT2D eigenvalue weighted by Crippen LogP contribution is -2.44. The minimum absolute atomic E-state index is 0.0163. The van der Waals surface area contributed by atoms with Crippen LogP contribution in [0.25, 0.3) is 0 Å². The van der Waals surface area contributed by atoms with E-state index in [0.717, 1.165) is 16.6 Å². The molecular weight excluding hydrogens is 465 g/mol. The van der Waals surface area contributed by atoms with Crippen LogP contribution >= 0.6 is 23.1 Å². The Kier molecular flexibility index (Phi) is 6.85. The van der Waals surface area contributed by atoms with Gasteiger partial charge < -0.3 is 10.4 Å². The molecule has 2 aromatic carbocycles. The van der Waals surface area contributed by atoms with Crippen LogP contribution in [0, 0.1) is 5.82 Å². The molecule has 7 nitrogen and oxygen atoms in total. The number of hydrogen-bond donors (Lipinski definition) is 2. The average Bonchev–Trinajstić information content (AvgIpc) is 3.31. The van der Waals surface area contributed by atoms with Crippen molar-refractivity contribution in [2.45, 2.75) is 18.2 Å². The van der Waals surface area contributed by atoms with Gasteiger partial charge in [-0.15, -0.1) is 11.3 Å². The van der Waals surface area contributed by atoms with Gasteiger partial charge in [-0.2, -0.15) is 0 Å². The van der Waals surface area contributed by atoms with E-state index in [1.165, 1.54) is 64.8 Å². The smallest absolute Gasteiger partial charge is 0.335 e. The van der Waals surface area contributed by atoms with Gasteiger partial charge in [0.15, 0.2) is 5.17 Å². The second-order valence-electron chi connectivity index (χ2n) is 7.11. The zero-order valence-electron chi connectivity index (χ0n) is 17.1. The van der Waals surface area contributed by atoms with Crippen molar-refractivity contribution in [3.8, 4) is 0 Å². The van der Waals surface area contributed by atoms with E-state index in [-0.39, 0.29) is 23.8 Å². The minimum Gasteiger partial charge on any atom is -0.478 e. The number of aliphatic imine (C=N–C) groups is 1. The lowest BCUT2D eigenvalue weighted by molar-refractivity contribution is -0.129. The largest absolute Gasteiger partial charge is 0.478 e. The summed E-state index contributed by atoms with van der Waals surface area (Å²) in [6, 6.07) is 15.1. The Labute approximate surface area is 197 Å². The lowest BCUT2D eigenvalue weighted by atomic mass is 10.2. The Bertz CT molecular complexity index is 1200. The predicted octanol–water partition coefficient (Wildman–Crippen LogP) is 4.75. The number of thioether (sulfide) groups is 1. The SMILES string of the molecule is O=C(O)c1ccc(NC(=O)[C@H]2CC(=O)N(Cc3cccs3)C(=Nc3ccc(F)cc3)S2)cc1. The number of benzene rings is 2. The first-order valence-electron chi connectivity index (χ1n) is 9.87. The van der Waals surface area contributed by atoms with Gasteiger partial charge in [-0.05, 0) is 60.0 Å². The Morgan fingerprint density at radius 3 is 2.48 bits per heavy atom. The highest BCUT2D eigenvalue weighted by Gasteiger charge is 2.36.